The molecule has 0 aliphatic heterocycles. The first-order valence-corrected chi connectivity index (χ1v) is 9.76. The summed E-state index contributed by atoms with van der Waals surface area (Å²) in [7, 11) is 0. The first-order chi connectivity index (χ1) is 13.5. The second-order valence-corrected chi connectivity index (χ2v) is 7.60. The van der Waals surface area contributed by atoms with E-state index in [4.69, 9.17) is 0 Å². The van der Waals surface area contributed by atoms with Crippen molar-refractivity contribution in [1.82, 2.24) is 9.55 Å². The Labute approximate surface area is 164 Å². The predicted octanol–water partition coefficient (Wildman–Crippen LogP) is 4.26. The number of carbonyl (C=O) groups excluding carboxylic acids is 1. The topological polar surface area (TPSA) is 64.0 Å². The van der Waals surface area contributed by atoms with Gasteiger partial charge < -0.3 is 5.32 Å². The Hall–Kier alpha value is -3.06. The highest BCUT2D eigenvalue weighted by molar-refractivity contribution is 7.25. The highest BCUT2D eigenvalue weighted by Gasteiger charge is 2.18. The molecule has 2 heterocycles. The number of halogens is 1. The van der Waals surface area contributed by atoms with E-state index in [-0.39, 0.29) is 18.0 Å². The number of aromatic nitrogens is 2. The summed E-state index contributed by atoms with van der Waals surface area (Å²) in [6.07, 6.45) is 0.866. The molecule has 4 aromatic rings. The maximum absolute atomic E-state index is 14.2. The molecule has 0 saturated heterocycles. The van der Waals surface area contributed by atoms with Gasteiger partial charge in [-0.05, 0) is 43.2 Å². The third kappa shape index (κ3) is 3.18. The summed E-state index contributed by atoms with van der Waals surface area (Å²) in [5, 5.41) is 3.18. The van der Waals surface area contributed by atoms with Crippen molar-refractivity contribution in [1.29, 1.82) is 0 Å². The van der Waals surface area contributed by atoms with Gasteiger partial charge >= 0.3 is 0 Å². The summed E-state index contributed by atoms with van der Waals surface area (Å²) in [5.74, 6) is -0.342. The lowest BCUT2D eigenvalue weighted by atomic mass is 10.1. The summed E-state index contributed by atoms with van der Waals surface area (Å²) in [4.78, 5) is 29.9. The van der Waals surface area contributed by atoms with E-state index in [9.17, 15) is 14.0 Å². The smallest absolute Gasteiger partial charge is 0.272 e. The Balaban J connectivity index is 1.70. The van der Waals surface area contributed by atoms with Crippen molar-refractivity contribution in [2.24, 2.45) is 0 Å². The number of anilines is 1. The summed E-state index contributed by atoms with van der Waals surface area (Å²) in [6, 6.07) is 12.3. The van der Waals surface area contributed by atoms with E-state index in [2.05, 4.69) is 10.3 Å². The lowest BCUT2D eigenvalue weighted by Gasteiger charge is -2.11. The molecule has 5 nitrogen and oxygen atoms in total. The summed E-state index contributed by atoms with van der Waals surface area (Å²) < 4.78 is 16.6. The van der Waals surface area contributed by atoms with Gasteiger partial charge in [0, 0.05) is 10.4 Å². The zero-order valence-electron chi connectivity index (χ0n) is 15.5. The van der Waals surface area contributed by atoms with Crippen LogP contribution in [0, 0.1) is 12.7 Å². The van der Waals surface area contributed by atoms with Crippen LogP contribution in [0.25, 0.3) is 20.3 Å². The molecule has 7 heteroatoms. The van der Waals surface area contributed by atoms with Gasteiger partial charge in [-0.3, -0.25) is 14.2 Å². The molecule has 4 rings (SSSR count). The molecule has 2 aromatic heterocycles. The fourth-order valence-electron chi connectivity index (χ4n) is 3.23. The molecule has 1 amide bonds. The van der Waals surface area contributed by atoms with E-state index in [1.165, 1.54) is 22.0 Å². The number of hydrogen-bond acceptors (Lipinski definition) is 4. The van der Waals surface area contributed by atoms with Gasteiger partial charge in [0.2, 0.25) is 5.91 Å². The van der Waals surface area contributed by atoms with Crippen LogP contribution in [-0.2, 0) is 17.8 Å². The lowest BCUT2D eigenvalue weighted by Crippen LogP contribution is -2.29. The number of aryl methyl sites for hydroxylation is 2. The highest BCUT2D eigenvalue weighted by Crippen LogP contribution is 2.32. The van der Waals surface area contributed by atoms with Crippen LogP contribution in [0.3, 0.4) is 0 Å². The van der Waals surface area contributed by atoms with Gasteiger partial charge in [0.15, 0.2) is 0 Å². The predicted molar refractivity (Wildman–Crippen MR) is 111 cm³/mol. The second kappa shape index (κ2) is 7.16. The maximum atomic E-state index is 14.2. The Morgan fingerprint density at radius 3 is 2.82 bits per heavy atom. The quantitative estimate of drug-likeness (QED) is 0.562. The monoisotopic (exact) mass is 395 g/mol. The molecule has 0 aliphatic rings. The van der Waals surface area contributed by atoms with Crippen LogP contribution in [0.4, 0.5) is 10.1 Å². The Kier molecular flexibility index (Phi) is 4.68. The van der Waals surface area contributed by atoms with Crippen molar-refractivity contribution in [3.05, 3.63) is 70.0 Å². The van der Waals surface area contributed by atoms with Crippen molar-refractivity contribution in [2.45, 2.75) is 26.8 Å². The molecule has 0 unspecified atom stereocenters. The van der Waals surface area contributed by atoms with Crippen molar-refractivity contribution in [2.75, 3.05) is 5.32 Å². The van der Waals surface area contributed by atoms with Crippen molar-refractivity contribution < 1.29 is 9.18 Å². The first kappa shape index (κ1) is 18.3. The molecule has 1 N–H and O–H groups in total. The summed E-state index contributed by atoms with van der Waals surface area (Å²) in [5.41, 5.74) is 1.82. The van der Waals surface area contributed by atoms with Crippen LogP contribution in [0.1, 0.15) is 18.3 Å². The SMILES string of the molecule is CCc1cccc(NC(=O)Cn2c(C)nc3c(sc4cccc(F)c43)c2=O)c1. The summed E-state index contributed by atoms with van der Waals surface area (Å²) >= 11 is 1.19. The number of fused-ring (bicyclic) bond motifs is 3. The number of nitrogens with zero attached hydrogens (tertiary/aromatic N) is 2. The number of rotatable bonds is 4. The molecule has 0 bridgehead atoms. The highest BCUT2D eigenvalue weighted by atomic mass is 32.1. The van der Waals surface area contributed by atoms with Crippen molar-refractivity contribution in [3.8, 4) is 0 Å². The molecule has 0 spiro atoms. The molecule has 142 valence electrons. The molecular weight excluding hydrogens is 377 g/mol. The van der Waals surface area contributed by atoms with Crippen LogP contribution in [-0.4, -0.2) is 15.5 Å². The lowest BCUT2D eigenvalue weighted by molar-refractivity contribution is -0.116. The molecule has 28 heavy (non-hydrogen) atoms. The van der Waals surface area contributed by atoms with E-state index in [0.717, 1.165) is 12.0 Å². The number of nitrogens with one attached hydrogen (secondary N) is 1. The van der Waals surface area contributed by atoms with Crippen LogP contribution in [0.2, 0.25) is 0 Å². The molecule has 0 saturated carbocycles. The number of amides is 1. The van der Waals surface area contributed by atoms with Crippen LogP contribution < -0.4 is 10.9 Å². The Bertz CT molecular complexity index is 1280. The van der Waals surface area contributed by atoms with Crippen LogP contribution >= 0.6 is 11.3 Å². The molecule has 2 aromatic carbocycles. The minimum atomic E-state index is -0.402. The minimum absolute atomic E-state index is 0.152. The van der Waals surface area contributed by atoms with Gasteiger partial charge in [-0.25, -0.2) is 9.37 Å². The van der Waals surface area contributed by atoms with Gasteiger partial charge in [0.1, 0.15) is 22.9 Å². The van der Waals surface area contributed by atoms with E-state index in [0.29, 0.717) is 31.8 Å². The largest absolute Gasteiger partial charge is 0.325 e. The minimum Gasteiger partial charge on any atom is -0.325 e. The third-order valence-corrected chi connectivity index (χ3v) is 5.80. The number of hydrogen-bond donors (Lipinski definition) is 1. The maximum Gasteiger partial charge on any atom is 0.272 e. The fraction of sp³-hybridized carbons (Fsp3) is 0.190. The van der Waals surface area contributed by atoms with E-state index in [1.54, 1.807) is 19.1 Å². The Morgan fingerprint density at radius 1 is 1.25 bits per heavy atom. The second-order valence-electron chi connectivity index (χ2n) is 6.55. The zero-order chi connectivity index (χ0) is 19.8. The van der Waals surface area contributed by atoms with Gasteiger partial charge in [0.05, 0.1) is 10.9 Å². The van der Waals surface area contributed by atoms with Gasteiger partial charge in [-0.2, -0.15) is 0 Å². The van der Waals surface area contributed by atoms with E-state index in [1.807, 2.05) is 31.2 Å². The average Bonchev–Trinajstić information content (AvgIpc) is 3.05. The number of benzene rings is 2. The van der Waals surface area contributed by atoms with Gasteiger partial charge in [0.25, 0.3) is 5.56 Å². The molecule has 0 fully saturated rings. The van der Waals surface area contributed by atoms with Crippen LogP contribution in [0.5, 0.6) is 0 Å². The number of thiophene rings is 1. The third-order valence-electron chi connectivity index (χ3n) is 4.66. The number of carbonyl (C=O) groups is 1. The molecule has 0 aliphatic carbocycles. The van der Waals surface area contributed by atoms with Gasteiger partial charge in [-0.1, -0.05) is 25.1 Å². The molecular formula is C21H18FN3O2S. The van der Waals surface area contributed by atoms with Crippen molar-refractivity contribution >= 4 is 43.2 Å². The van der Waals surface area contributed by atoms with Crippen LogP contribution in [0.15, 0.2) is 47.3 Å². The molecule has 0 atom stereocenters. The Morgan fingerprint density at radius 2 is 2.04 bits per heavy atom. The van der Waals surface area contributed by atoms with E-state index < -0.39 is 5.82 Å². The summed E-state index contributed by atoms with van der Waals surface area (Å²) in [6.45, 7) is 3.54. The molecule has 0 radical (unpaired) electrons. The first-order valence-electron chi connectivity index (χ1n) is 8.95. The van der Waals surface area contributed by atoms with Gasteiger partial charge in [-0.15, -0.1) is 11.3 Å². The fourth-order valence-corrected chi connectivity index (χ4v) is 4.34. The zero-order valence-corrected chi connectivity index (χ0v) is 16.3. The van der Waals surface area contributed by atoms with Crippen molar-refractivity contribution in [3.63, 3.8) is 0 Å². The normalized spacial score (nSPS) is 11.2. The van der Waals surface area contributed by atoms with E-state index >= 15 is 0 Å². The standard InChI is InChI=1S/C21H18FN3O2S/c1-3-13-6-4-7-14(10-13)24-17(26)11-25-12(2)23-19-18-15(22)8-5-9-16(18)28-20(19)21(25)27/h4-10H,3,11H2,1-2H3,(H,24,26). The average molecular weight is 395 g/mol.